The van der Waals surface area contributed by atoms with E-state index in [1.807, 2.05) is 0 Å². The van der Waals surface area contributed by atoms with Gasteiger partial charge in [0, 0.05) is 42.0 Å². The standard InChI is InChI=1S/C27H29NO10/c1-11-23(31)15(28)7-19(37-11)38-17-9-27(35,18(30)10-29)8-12-6-14-22(25(33)20(12)17)26(34)21-13(24(14)32)4-3-5-16(21)36-2/h3-6,11,15,17,19,23,29,31,33,35H,7-10,28H2,1-2H3/t11?,15?,17?,19?,23?,27-/m0/s1. The Morgan fingerprint density at radius 2 is 1.95 bits per heavy atom. The zero-order valence-electron chi connectivity index (χ0n) is 20.8. The van der Waals surface area contributed by atoms with Gasteiger partial charge in [0.25, 0.3) is 0 Å². The Balaban J connectivity index is 1.64. The van der Waals surface area contributed by atoms with E-state index in [0.29, 0.717) is 0 Å². The molecule has 1 aliphatic heterocycles. The SMILES string of the molecule is COc1cccc2c1C(=O)c1c(cc3c(c1O)C(OC1CC(N)C(O)C(C)O1)C[C@](O)(C(=O)CO)C3)C2=O. The van der Waals surface area contributed by atoms with E-state index < -0.39 is 66.0 Å². The van der Waals surface area contributed by atoms with Crippen LogP contribution in [0.1, 0.15) is 68.8 Å². The van der Waals surface area contributed by atoms with E-state index >= 15 is 0 Å². The number of rotatable bonds is 5. The molecule has 0 bridgehead atoms. The number of ketones is 3. The maximum atomic E-state index is 13.6. The fraction of sp³-hybridized carbons (Fsp3) is 0.444. The van der Waals surface area contributed by atoms with Crippen molar-refractivity contribution in [2.75, 3.05) is 13.7 Å². The third-order valence-electron chi connectivity index (χ3n) is 7.67. The van der Waals surface area contributed by atoms with Gasteiger partial charge in [0.1, 0.15) is 23.7 Å². The molecule has 0 radical (unpaired) electrons. The van der Waals surface area contributed by atoms with Crippen LogP contribution in [0.25, 0.3) is 0 Å². The van der Waals surface area contributed by atoms with Gasteiger partial charge in [-0.25, -0.2) is 0 Å². The van der Waals surface area contributed by atoms with Gasteiger partial charge in [0.05, 0.1) is 36.5 Å². The second-order valence-corrected chi connectivity index (χ2v) is 10.0. The van der Waals surface area contributed by atoms with E-state index in [2.05, 4.69) is 0 Å². The first-order valence-electron chi connectivity index (χ1n) is 12.3. The summed E-state index contributed by atoms with van der Waals surface area (Å²) >= 11 is 0. The molecular formula is C27H29NO10. The summed E-state index contributed by atoms with van der Waals surface area (Å²) in [5, 5.41) is 42.3. The number of carbonyl (C=O) groups excluding carboxylic acids is 3. The lowest BCUT2D eigenvalue weighted by molar-refractivity contribution is -0.247. The number of aliphatic hydroxyl groups is 3. The van der Waals surface area contributed by atoms with Crippen molar-refractivity contribution in [3.05, 3.63) is 57.6 Å². The maximum Gasteiger partial charge on any atom is 0.201 e. The number of benzene rings is 2. The van der Waals surface area contributed by atoms with Crippen molar-refractivity contribution in [3.63, 3.8) is 0 Å². The van der Waals surface area contributed by atoms with Gasteiger partial charge in [0.15, 0.2) is 17.9 Å². The van der Waals surface area contributed by atoms with Crippen LogP contribution >= 0.6 is 0 Å². The zero-order chi connectivity index (χ0) is 27.5. The Morgan fingerprint density at radius 3 is 2.61 bits per heavy atom. The van der Waals surface area contributed by atoms with E-state index in [9.17, 15) is 34.8 Å². The van der Waals surface area contributed by atoms with Crippen LogP contribution in [-0.2, 0) is 20.7 Å². The van der Waals surface area contributed by atoms with Gasteiger partial charge in [0.2, 0.25) is 5.78 Å². The number of phenolic OH excluding ortho intramolecular Hbond substituents is 1. The van der Waals surface area contributed by atoms with Crippen LogP contribution in [0.15, 0.2) is 24.3 Å². The molecule has 0 amide bonds. The number of ether oxygens (including phenoxy) is 3. The molecule has 0 saturated carbocycles. The molecule has 1 fully saturated rings. The smallest absolute Gasteiger partial charge is 0.201 e. The molecule has 1 heterocycles. The zero-order valence-corrected chi connectivity index (χ0v) is 20.8. The van der Waals surface area contributed by atoms with Gasteiger partial charge in [-0.2, -0.15) is 0 Å². The summed E-state index contributed by atoms with van der Waals surface area (Å²) in [7, 11) is 1.37. The first-order chi connectivity index (χ1) is 18.0. The third kappa shape index (κ3) is 4.03. The Morgan fingerprint density at radius 1 is 1.21 bits per heavy atom. The molecule has 6 atom stereocenters. The van der Waals surface area contributed by atoms with Crippen molar-refractivity contribution in [2.45, 2.75) is 62.4 Å². The number of aromatic hydroxyl groups is 1. The van der Waals surface area contributed by atoms with E-state index in [1.165, 1.54) is 25.3 Å². The van der Waals surface area contributed by atoms with Gasteiger partial charge in [-0.1, -0.05) is 12.1 Å². The minimum Gasteiger partial charge on any atom is -0.507 e. The molecule has 5 unspecified atom stereocenters. The molecule has 0 spiro atoms. The average molecular weight is 528 g/mol. The van der Waals surface area contributed by atoms with E-state index in [0.717, 1.165) is 0 Å². The summed E-state index contributed by atoms with van der Waals surface area (Å²) in [6.45, 7) is 0.678. The Hall–Kier alpha value is -3.19. The summed E-state index contributed by atoms with van der Waals surface area (Å²) in [5.41, 5.74) is 4.08. The number of methoxy groups -OCH3 is 1. The van der Waals surface area contributed by atoms with Crippen LogP contribution in [0.4, 0.5) is 0 Å². The molecule has 2 aromatic carbocycles. The van der Waals surface area contributed by atoms with Crippen LogP contribution in [0.3, 0.4) is 0 Å². The van der Waals surface area contributed by atoms with Gasteiger partial charge >= 0.3 is 0 Å². The molecular weight excluding hydrogens is 498 g/mol. The number of fused-ring (bicyclic) bond motifs is 3. The summed E-state index contributed by atoms with van der Waals surface area (Å²) in [5.74, 6) is -2.35. The molecule has 202 valence electrons. The molecule has 3 aliphatic rings. The molecule has 38 heavy (non-hydrogen) atoms. The Kier molecular flexibility index (Phi) is 6.62. The van der Waals surface area contributed by atoms with Crippen molar-refractivity contribution in [2.24, 2.45) is 5.73 Å². The summed E-state index contributed by atoms with van der Waals surface area (Å²) in [6, 6.07) is 5.29. The van der Waals surface area contributed by atoms with Crippen LogP contribution in [0, 0.1) is 0 Å². The maximum absolute atomic E-state index is 13.6. The number of phenols is 1. The number of Topliss-reactive ketones (excluding diaryl/α,β-unsaturated/α-hetero) is 1. The lowest BCUT2D eigenvalue weighted by atomic mass is 9.72. The van der Waals surface area contributed by atoms with Crippen LogP contribution < -0.4 is 10.5 Å². The van der Waals surface area contributed by atoms with E-state index in [-0.39, 0.29) is 58.4 Å². The fourth-order valence-electron chi connectivity index (χ4n) is 5.68. The molecule has 6 N–H and O–H groups in total. The third-order valence-corrected chi connectivity index (χ3v) is 7.67. The van der Waals surface area contributed by atoms with Gasteiger partial charge < -0.3 is 40.4 Å². The van der Waals surface area contributed by atoms with Gasteiger partial charge in [-0.05, 0) is 24.6 Å². The predicted molar refractivity (Wildman–Crippen MR) is 130 cm³/mol. The Bertz CT molecular complexity index is 1330. The van der Waals surface area contributed by atoms with E-state index in [4.69, 9.17) is 19.9 Å². The number of carbonyl (C=O) groups is 3. The molecule has 11 heteroatoms. The van der Waals surface area contributed by atoms with Crippen LogP contribution in [-0.4, -0.2) is 81.6 Å². The second kappa shape index (κ2) is 9.53. The van der Waals surface area contributed by atoms with Crippen LogP contribution in [0.5, 0.6) is 11.5 Å². The van der Waals surface area contributed by atoms with Crippen LogP contribution in [0.2, 0.25) is 0 Å². The molecule has 5 rings (SSSR count). The lowest BCUT2D eigenvalue weighted by Crippen LogP contribution is -2.53. The van der Waals surface area contributed by atoms with Crippen molar-refractivity contribution < 1.29 is 49.0 Å². The highest BCUT2D eigenvalue weighted by Gasteiger charge is 2.48. The molecule has 2 aromatic rings. The molecule has 2 aliphatic carbocycles. The lowest BCUT2D eigenvalue weighted by Gasteiger charge is -2.42. The highest BCUT2D eigenvalue weighted by Crippen LogP contribution is 2.48. The number of hydrogen-bond donors (Lipinski definition) is 5. The Labute approximate surface area is 217 Å². The number of nitrogens with two attached hydrogens (primary N) is 1. The van der Waals surface area contributed by atoms with Gasteiger partial charge in [-0.3, -0.25) is 14.4 Å². The average Bonchev–Trinajstić information content (AvgIpc) is 2.88. The minimum absolute atomic E-state index is 0.0207. The number of aliphatic hydroxyl groups excluding tert-OH is 2. The second-order valence-electron chi connectivity index (χ2n) is 10.0. The topological polar surface area (TPSA) is 186 Å². The largest absolute Gasteiger partial charge is 0.507 e. The molecule has 0 aromatic heterocycles. The highest BCUT2D eigenvalue weighted by molar-refractivity contribution is 6.30. The van der Waals surface area contributed by atoms with Crippen molar-refractivity contribution in [1.82, 2.24) is 0 Å². The first kappa shape index (κ1) is 26.4. The monoisotopic (exact) mass is 527 g/mol. The van der Waals surface area contributed by atoms with Crippen molar-refractivity contribution in [3.8, 4) is 11.5 Å². The summed E-state index contributed by atoms with van der Waals surface area (Å²) in [6.07, 6.45) is -4.36. The van der Waals surface area contributed by atoms with Crippen molar-refractivity contribution in [1.29, 1.82) is 0 Å². The summed E-state index contributed by atoms with van der Waals surface area (Å²) < 4.78 is 17.1. The molecule has 1 saturated heterocycles. The predicted octanol–water partition coefficient (Wildman–Crippen LogP) is 0.296. The summed E-state index contributed by atoms with van der Waals surface area (Å²) in [4.78, 5) is 39.6. The van der Waals surface area contributed by atoms with Crippen molar-refractivity contribution >= 4 is 17.3 Å². The van der Waals surface area contributed by atoms with Gasteiger partial charge in [-0.15, -0.1) is 0 Å². The fourth-order valence-corrected chi connectivity index (χ4v) is 5.68. The first-order valence-corrected chi connectivity index (χ1v) is 12.3. The number of hydrogen-bond acceptors (Lipinski definition) is 11. The quantitative estimate of drug-likeness (QED) is 0.307. The minimum atomic E-state index is -2.07. The molecule has 11 nitrogen and oxygen atoms in total. The highest BCUT2D eigenvalue weighted by atomic mass is 16.7. The van der Waals surface area contributed by atoms with E-state index in [1.54, 1.807) is 13.0 Å². The normalized spacial score (nSPS) is 30.3.